The number of anilines is 1. The molecule has 1 amide bonds. The molecule has 1 heterocycles. The summed E-state index contributed by atoms with van der Waals surface area (Å²) in [5, 5.41) is 4.24. The lowest BCUT2D eigenvalue weighted by Gasteiger charge is -2.15. The van der Waals surface area contributed by atoms with Crippen molar-refractivity contribution in [2.75, 3.05) is 5.32 Å². The number of benzene rings is 1. The standard InChI is InChI=1S/C15H14ClIN2OS/c1-8-2-5-12-13(6-8)21-15(18-12)19-14(20)10-4-3-9(16)7-11(10)17/h3-4,7-8H,2,5-6H2,1H3,(H,18,19,20). The molecule has 6 heteroatoms. The average Bonchev–Trinajstić information content (AvgIpc) is 2.79. The van der Waals surface area contributed by atoms with Gasteiger partial charge in [0.2, 0.25) is 0 Å². The topological polar surface area (TPSA) is 42.0 Å². The Hall–Kier alpha value is -0.660. The number of thiazole rings is 1. The fraction of sp³-hybridized carbons (Fsp3) is 0.333. The van der Waals surface area contributed by atoms with Crippen LogP contribution in [0.3, 0.4) is 0 Å². The molecule has 0 aliphatic heterocycles. The van der Waals surface area contributed by atoms with Crippen LogP contribution < -0.4 is 5.32 Å². The second kappa shape index (κ2) is 6.22. The first kappa shape index (κ1) is 15.2. The van der Waals surface area contributed by atoms with Crippen molar-refractivity contribution in [1.29, 1.82) is 0 Å². The second-order valence-electron chi connectivity index (χ2n) is 5.32. The minimum Gasteiger partial charge on any atom is -0.298 e. The number of hydrogen-bond acceptors (Lipinski definition) is 3. The lowest BCUT2D eigenvalue weighted by atomic mass is 9.93. The summed E-state index contributed by atoms with van der Waals surface area (Å²) in [5.41, 5.74) is 1.78. The van der Waals surface area contributed by atoms with Crippen LogP contribution in [0.5, 0.6) is 0 Å². The van der Waals surface area contributed by atoms with E-state index < -0.39 is 0 Å². The van der Waals surface area contributed by atoms with Gasteiger partial charge < -0.3 is 0 Å². The van der Waals surface area contributed by atoms with Gasteiger partial charge in [-0.25, -0.2) is 4.98 Å². The zero-order chi connectivity index (χ0) is 15.0. The Balaban J connectivity index is 1.79. The molecular weight excluding hydrogens is 419 g/mol. The molecule has 110 valence electrons. The summed E-state index contributed by atoms with van der Waals surface area (Å²) in [6, 6.07) is 5.26. The zero-order valence-electron chi connectivity index (χ0n) is 11.5. The van der Waals surface area contributed by atoms with E-state index in [1.807, 2.05) is 0 Å². The van der Waals surface area contributed by atoms with Crippen molar-refractivity contribution in [3.05, 3.63) is 42.9 Å². The van der Waals surface area contributed by atoms with Crippen LogP contribution in [0.4, 0.5) is 5.13 Å². The van der Waals surface area contributed by atoms with E-state index in [4.69, 9.17) is 11.6 Å². The molecule has 3 rings (SSSR count). The summed E-state index contributed by atoms with van der Waals surface area (Å²) in [4.78, 5) is 18.2. The van der Waals surface area contributed by atoms with Crippen LogP contribution >= 0.6 is 45.5 Å². The summed E-state index contributed by atoms with van der Waals surface area (Å²) < 4.78 is 0.840. The Labute approximate surface area is 146 Å². The molecule has 0 saturated heterocycles. The molecule has 0 saturated carbocycles. The van der Waals surface area contributed by atoms with Crippen molar-refractivity contribution in [3.63, 3.8) is 0 Å². The van der Waals surface area contributed by atoms with Crippen molar-refractivity contribution in [2.45, 2.75) is 26.2 Å². The van der Waals surface area contributed by atoms with Crippen molar-refractivity contribution in [2.24, 2.45) is 5.92 Å². The van der Waals surface area contributed by atoms with E-state index in [-0.39, 0.29) is 5.91 Å². The molecule has 1 aromatic carbocycles. The predicted molar refractivity (Wildman–Crippen MR) is 95.4 cm³/mol. The molecule has 1 unspecified atom stereocenters. The second-order valence-corrected chi connectivity index (χ2v) is 8.00. The van der Waals surface area contributed by atoms with E-state index in [9.17, 15) is 4.79 Å². The number of carbonyl (C=O) groups excluding carboxylic acids is 1. The van der Waals surface area contributed by atoms with Crippen LogP contribution in [-0.4, -0.2) is 10.9 Å². The highest BCUT2D eigenvalue weighted by Gasteiger charge is 2.21. The maximum atomic E-state index is 12.3. The van der Waals surface area contributed by atoms with Gasteiger partial charge in [0.25, 0.3) is 5.91 Å². The summed E-state index contributed by atoms with van der Waals surface area (Å²) in [6.07, 6.45) is 3.27. The summed E-state index contributed by atoms with van der Waals surface area (Å²) in [6.45, 7) is 2.26. The van der Waals surface area contributed by atoms with Gasteiger partial charge in [-0.15, -0.1) is 11.3 Å². The molecule has 1 atom stereocenters. The Morgan fingerprint density at radius 3 is 3.10 bits per heavy atom. The first-order chi connectivity index (χ1) is 10.0. The van der Waals surface area contributed by atoms with E-state index >= 15 is 0 Å². The van der Waals surface area contributed by atoms with Gasteiger partial charge in [-0.3, -0.25) is 10.1 Å². The first-order valence-corrected chi connectivity index (χ1v) is 9.05. The fourth-order valence-corrected chi connectivity index (χ4v) is 4.71. The van der Waals surface area contributed by atoms with Crippen molar-refractivity contribution in [1.82, 2.24) is 4.98 Å². The zero-order valence-corrected chi connectivity index (χ0v) is 15.2. The molecule has 0 spiro atoms. The smallest absolute Gasteiger partial charge is 0.258 e. The maximum Gasteiger partial charge on any atom is 0.258 e. The Kier molecular flexibility index (Phi) is 4.51. The summed E-state index contributed by atoms with van der Waals surface area (Å²) in [7, 11) is 0. The lowest BCUT2D eigenvalue weighted by Crippen LogP contribution is -2.13. The number of aryl methyl sites for hydroxylation is 1. The van der Waals surface area contributed by atoms with Gasteiger partial charge in [0.1, 0.15) is 0 Å². The Morgan fingerprint density at radius 1 is 1.52 bits per heavy atom. The van der Waals surface area contributed by atoms with Crippen molar-refractivity contribution >= 4 is 56.6 Å². The van der Waals surface area contributed by atoms with Crippen LogP contribution in [0.25, 0.3) is 0 Å². The van der Waals surface area contributed by atoms with E-state index in [2.05, 4.69) is 39.8 Å². The number of carbonyl (C=O) groups is 1. The highest BCUT2D eigenvalue weighted by Crippen LogP contribution is 2.32. The molecule has 0 fully saturated rings. The number of amides is 1. The number of fused-ring (bicyclic) bond motifs is 1. The third-order valence-corrected chi connectivity index (χ3v) is 5.75. The van der Waals surface area contributed by atoms with Gasteiger partial charge in [0.05, 0.1) is 11.3 Å². The van der Waals surface area contributed by atoms with Crippen LogP contribution in [0.15, 0.2) is 18.2 Å². The molecule has 1 aromatic heterocycles. The fourth-order valence-electron chi connectivity index (χ4n) is 2.43. The van der Waals surface area contributed by atoms with Gasteiger partial charge in [0, 0.05) is 13.5 Å². The molecule has 0 radical (unpaired) electrons. The van der Waals surface area contributed by atoms with E-state index in [0.717, 1.165) is 22.1 Å². The quantitative estimate of drug-likeness (QED) is 0.694. The molecule has 1 N–H and O–H groups in total. The third kappa shape index (κ3) is 3.40. The molecule has 0 bridgehead atoms. The maximum absolute atomic E-state index is 12.3. The Bertz CT molecular complexity index is 701. The van der Waals surface area contributed by atoms with Gasteiger partial charge in [-0.1, -0.05) is 18.5 Å². The number of aromatic nitrogens is 1. The lowest BCUT2D eigenvalue weighted by molar-refractivity contribution is 0.102. The largest absolute Gasteiger partial charge is 0.298 e. The normalized spacial score (nSPS) is 17.4. The molecule has 1 aliphatic carbocycles. The van der Waals surface area contributed by atoms with E-state index in [1.165, 1.54) is 11.3 Å². The first-order valence-electron chi connectivity index (χ1n) is 6.78. The SMILES string of the molecule is CC1CCc2nc(NC(=O)c3ccc(Cl)cc3I)sc2C1. The monoisotopic (exact) mass is 432 g/mol. The summed E-state index contributed by atoms with van der Waals surface area (Å²) in [5.74, 6) is 0.578. The van der Waals surface area contributed by atoms with Gasteiger partial charge in [-0.2, -0.15) is 0 Å². The van der Waals surface area contributed by atoms with Crippen LogP contribution in [0, 0.1) is 9.49 Å². The minimum absolute atomic E-state index is 0.129. The van der Waals surface area contributed by atoms with E-state index in [1.54, 1.807) is 29.5 Å². The van der Waals surface area contributed by atoms with Crippen LogP contribution in [-0.2, 0) is 12.8 Å². The highest BCUT2D eigenvalue weighted by molar-refractivity contribution is 14.1. The van der Waals surface area contributed by atoms with Gasteiger partial charge in [0.15, 0.2) is 5.13 Å². The third-order valence-electron chi connectivity index (χ3n) is 3.58. The van der Waals surface area contributed by atoms with Crippen molar-refractivity contribution in [3.8, 4) is 0 Å². The molecule has 2 aromatic rings. The molecule has 3 nitrogen and oxygen atoms in total. The van der Waals surface area contributed by atoms with Crippen LogP contribution in [0.1, 0.15) is 34.3 Å². The number of rotatable bonds is 2. The average molecular weight is 433 g/mol. The van der Waals surface area contributed by atoms with Crippen LogP contribution in [0.2, 0.25) is 5.02 Å². The minimum atomic E-state index is -0.129. The van der Waals surface area contributed by atoms with Gasteiger partial charge >= 0.3 is 0 Å². The molecule has 21 heavy (non-hydrogen) atoms. The van der Waals surface area contributed by atoms with Crippen molar-refractivity contribution < 1.29 is 4.79 Å². The number of nitrogens with one attached hydrogen (secondary N) is 1. The van der Waals surface area contributed by atoms with Gasteiger partial charge in [-0.05, 0) is 66.0 Å². The van der Waals surface area contributed by atoms with E-state index in [0.29, 0.717) is 21.6 Å². The Morgan fingerprint density at radius 2 is 2.33 bits per heavy atom. The highest BCUT2D eigenvalue weighted by atomic mass is 127. The molecular formula is C15H14ClIN2OS. The number of hydrogen-bond donors (Lipinski definition) is 1. The number of nitrogens with zero attached hydrogens (tertiary/aromatic N) is 1. The predicted octanol–water partition coefficient (Wildman–Crippen LogP) is 4.78. The summed E-state index contributed by atoms with van der Waals surface area (Å²) >= 11 is 9.64. The molecule has 1 aliphatic rings. The number of halogens is 2.